The second-order valence-corrected chi connectivity index (χ2v) is 6.71. The molecule has 4 heteroatoms. The van der Waals surface area contributed by atoms with E-state index in [2.05, 4.69) is 6.58 Å². The van der Waals surface area contributed by atoms with Crippen molar-refractivity contribution in [3.05, 3.63) is 53.6 Å². The van der Waals surface area contributed by atoms with Crippen molar-refractivity contribution < 1.29 is 19.4 Å². The third kappa shape index (κ3) is 2.17. The Bertz CT molecular complexity index is 746. The monoisotopic (exact) mass is 326 g/mol. The Labute approximate surface area is 141 Å². The lowest BCUT2D eigenvalue weighted by molar-refractivity contribution is 0.0387. The summed E-state index contributed by atoms with van der Waals surface area (Å²) < 4.78 is 5.22. The van der Waals surface area contributed by atoms with E-state index >= 15 is 0 Å². The van der Waals surface area contributed by atoms with E-state index in [0.29, 0.717) is 25.0 Å². The zero-order chi connectivity index (χ0) is 17.5. The number of hydrogen-bond acceptors (Lipinski definition) is 4. The molecule has 0 unspecified atom stereocenters. The third-order valence-electron chi connectivity index (χ3n) is 5.62. The van der Waals surface area contributed by atoms with Crippen LogP contribution in [0.1, 0.15) is 40.5 Å². The summed E-state index contributed by atoms with van der Waals surface area (Å²) in [5.41, 5.74) is 0.655. The number of carbonyl (C=O) groups excluding carboxylic acids is 2. The van der Waals surface area contributed by atoms with Gasteiger partial charge in [0.1, 0.15) is 5.75 Å². The molecule has 0 bridgehead atoms. The molecule has 0 fully saturated rings. The van der Waals surface area contributed by atoms with Gasteiger partial charge in [-0.3, -0.25) is 9.59 Å². The molecule has 0 saturated carbocycles. The molecule has 2 aliphatic rings. The molecule has 2 aliphatic carbocycles. The summed E-state index contributed by atoms with van der Waals surface area (Å²) in [4.78, 5) is 26.4. The molecular formula is C20H22O4. The maximum Gasteiger partial charge on any atom is 0.171 e. The molecule has 0 aromatic heterocycles. The molecule has 0 amide bonds. The molecule has 0 saturated heterocycles. The van der Waals surface area contributed by atoms with E-state index in [4.69, 9.17) is 4.74 Å². The van der Waals surface area contributed by atoms with Crippen LogP contribution in [0.25, 0.3) is 0 Å². The minimum absolute atomic E-state index is 0.0773. The quantitative estimate of drug-likeness (QED) is 0.919. The minimum Gasteiger partial charge on any atom is -0.507 e. The third-order valence-corrected chi connectivity index (χ3v) is 5.62. The van der Waals surface area contributed by atoms with Crippen molar-refractivity contribution >= 4 is 11.6 Å². The predicted octanol–water partition coefficient (Wildman–Crippen LogP) is 3.56. The molecule has 0 spiro atoms. The van der Waals surface area contributed by atoms with Crippen LogP contribution in [0.4, 0.5) is 0 Å². The number of fused-ring (bicyclic) bond motifs is 2. The summed E-state index contributed by atoms with van der Waals surface area (Å²) >= 11 is 0. The summed E-state index contributed by atoms with van der Waals surface area (Å²) in [6.45, 7) is 6.25. The molecule has 24 heavy (non-hydrogen) atoms. The van der Waals surface area contributed by atoms with Crippen LogP contribution in [0.3, 0.4) is 0 Å². The summed E-state index contributed by atoms with van der Waals surface area (Å²) in [6.07, 6.45) is 4.90. The van der Waals surface area contributed by atoms with Gasteiger partial charge in [-0.2, -0.15) is 0 Å². The number of phenols is 1. The standard InChI is InChI=1S/C20H22O4/c1-4-12-8-9-15-18(22)17-13(6-5-7-16(17)21)19(23)20(15,2)14(12)10-11-24-3/h4-8,14-15,21H,1,9-11H2,2-3H3/t14-,15-,20-/m1/s1. The highest BCUT2D eigenvalue weighted by Gasteiger charge is 2.56. The molecular weight excluding hydrogens is 304 g/mol. The fraction of sp³-hybridized carbons (Fsp3) is 0.400. The van der Waals surface area contributed by atoms with E-state index < -0.39 is 11.3 Å². The van der Waals surface area contributed by atoms with Gasteiger partial charge in [-0.25, -0.2) is 0 Å². The fourth-order valence-corrected chi connectivity index (χ4v) is 4.31. The number of ketones is 2. The van der Waals surface area contributed by atoms with E-state index in [-0.39, 0.29) is 28.8 Å². The lowest BCUT2D eigenvalue weighted by atomic mass is 9.53. The van der Waals surface area contributed by atoms with E-state index in [0.717, 1.165) is 5.57 Å². The summed E-state index contributed by atoms with van der Waals surface area (Å²) in [5.74, 6) is -0.921. The molecule has 3 atom stereocenters. The van der Waals surface area contributed by atoms with Crippen molar-refractivity contribution in [3.8, 4) is 5.75 Å². The van der Waals surface area contributed by atoms with Gasteiger partial charge in [-0.05, 0) is 30.4 Å². The Hall–Kier alpha value is -2.20. The minimum atomic E-state index is -0.839. The van der Waals surface area contributed by atoms with Crippen molar-refractivity contribution in [2.75, 3.05) is 13.7 Å². The van der Waals surface area contributed by atoms with Crippen molar-refractivity contribution in [3.63, 3.8) is 0 Å². The van der Waals surface area contributed by atoms with Crippen LogP contribution in [0.5, 0.6) is 5.75 Å². The van der Waals surface area contributed by atoms with Gasteiger partial charge >= 0.3 is 0 Å². The molecule has 1 aromatic carbocycles. The van der Waals surface area contributed by atoms with Crippen molar-refractivity contribution in [1.82, 2.24) is 0 Å². The average molecular weight is 326 g/mol. The highest BCUT2D eigenvalue weighted by molar-refractivity contribution is 6.19. The lowest BCUT2D eigenvalue weighted by Gasteiger charge is -2.48. The number of carbonyl (C=O) groups is 2. The number of phenolic OH excluding ortho intramolecular Hbond substituents is 1. The van der Waals surface area contributed by atoms with E-state index in [1.807, 2.05) is 13.0 Å². The van der Waals surface area contributed by atoms with Crippen LogP contribution in [-0.4, -0.2) is 30.4 Å². The zero-order valence-corrected chi connectivity index (χ0v) is 14.0. The molecule has 0 radical (unpaired) electrons. The number of rotatable bonds is 4. The predicted molar refractivity (Wildman–Crippen MR) is 91.2 cm³/mol. The highest BCUT2D eigenvalue weighted by atomic mass is 16.5. The molecule has 3 rings (SSSR count). The van der Waals surface area contributed by atoms with Gasteiger partial charge in [0.2, 0.25) is 0 Å². The first kappa shape index (κ1) is 16.7. The fourth-order valence-electron chi connectivity index (χ4n) is 4.31. The largest absolute Gasteiger partial charge is 0.507 e. The number of aromatic hydroxyl groups is 1. The molecule has 0 aliphatic heterocycles. The Morgan fingerprint density at radius 1 is 1.42 bits per heavy atom. The van der Waals surface area contributed by atoms with Crippen LogP contribution in [0.15, 0.2) is 42.5 Å². The first-order valence-corrected chi connectivity index (χ1v) is 8.19. The van der Waals surface area contributed by atoms with Gasteiger partial charge in [0.15, 0.2) is 11.6 Å². The maximum absolute atomic E-state index is 13.3. The Morgan fingerprint density at radius 2 is 2.17 bits per heavy atom. The molecule has 1 aromatic rings. The van der Waals surface area contributed by atoms with Gasteiger partial charge in [-0.1, -0.05) is 37.8 Å². The lowest BCUT2D eigenvalue weighted by Crippen LogP contribution is -2.52. The average Bonchev–Trinajstić information content (AvgIpc) is 2.57. The number of benzene rings is 1. The van der Waals surface area contributed by atoms with Crippen molar-refractivity contribution in [2.45, 2.75) is 19.8 Å². The SMILES string of the molecule is C=CC1=CC[C@@H]2C(=O)c3c(O)cccc3C(=O)[C@]2(C)[C@@H]1CCOC. The maximum atomic E-state index is 13.3. The van der Waals surface area contributed by atoms with Gasteiger partial charge < -0.3 is 9.84 Å². The first-order valence-electron chi connectivity index (χ1n) is 8.19. The number of allylic oxidation sites excluding steroid dienone is 3. The Morgan fingerprint density at radius 3 is 2.83 bits per heavy atom. The van der Waals surface area contributed by atoms with Crippen LogP contribution in [0, 0.1) is 17.3 Å². The summed E-state index contributed by atoms with van der Waals surface area (Å²) in [6, 6.07) is 4.71. The molecule has 1 N–H and O–H groups in total. The molecule has 0 heterocycles. The van der Waals surface area contributed by atoms with E-state index in [1.165, 1.54) is 6.07 Å². The second-order valence-electron chi connectivity index (χ2n) is 6.71. The normalized spacial score (nSPS) is 28.8. The second kappa shape index (κ2) is 6.02. The van der Waals surface area contributed by atoms with Crippen LogP contribution in [0.2, 0.25) is 0 Å². The van der Waals surface area contributed by atoms with Crippen molar-refractivity contribution in [2.24, 2.45) is 17.3 Å². The highest BCUT2D eigenvalue weighted by Crippen LogP contribution is 2.54. The van der Waals surface area contributed by atoms with Gasteiger partial charge in [-0.15, -0.1) is 0 Å². The van der Waals surface area contributed by atoms with Crippen LogP contribution >= 0.6 is 0 Å². The number of ether oxygens (including phenoxy) is 1. The van der Waals surface area contributed by atoms with Crippen LogP contribution in [-0.2, 0) is 4.74 Å². The number of methoxy groups -OCH3 is 1. The van der Waals surface area contributed by atoms with E-state index in [1.54, 1.807) is 25.3 Å². The Kier molecular flexibility index (Phi) is 4.18. The Balaban J connectivity index is 2.18. The van der Waals surface area contributed by atoms with E-state index in [9.17, 15) is 14.7 Å². The molecule has 126 valence electrons. The van der Waals surface area contributed by atoms with Gasteiger partial charge in [0.05, 0.1) is 5.56 Å². The van der Waals surface area contributed by atoms with Crippen molar-refractivity contribution in [1.29, 1.82) is 0 Å². The number of hydrogen-bond donors (Lipinski definition) is 1. The van der Waals surface area contributed by atoms with Gasteiger partial charge in [0.25, 0.3) is 0 Å². The zero-order valence-electron chi connectivity index (χ0n) is 14.0. The topological polar surface area (TPSA) is 63.6 Å². The van der Waals surface area contributed by atoms with Gasteiger partial charge in [0, 0.05) is 30.6 Å². The number of Topliss-reactive ketones (excluding diaryl/α,β-unsaturated/α-hetero) is 2. The smallest absolute Gasteiger partial charge is 0.171 e. The summed E-state index contributed by atoms with van der Waals surface area (Å²) in [7, 11) is 1.63. The molecule has 4 nitrogen and oxygen atoms in total. The first-order chi connectivity index (χ1) is 11.5. The summed E-state index contributed by atoms with van der Waals surface area (Å²) in [5, 5.41) is 10.1. The van der Waals surface area contributed by atoms with Crippen LogP contribution < -0.4 is 0 Å².